The van der Waals surface area contributed by atoms with Gasteiger partial charge in [0.25, 0.3) is 0 Å². The van der Waals surface area contributed by atoms with E-state index in [1.807, 2.05) is 12.1 Å². The molecule has 1 aliphatic rings. The molecule has 22 heavy (non-hydrogen) atoms. The number of fused-ring (bicyclic) bond motifs is 1. The normalized spacial score (nSPS) is 16.7. The summed E-state index contributed by atoms with van der Waals surface area (Å²) in [7, 11) is 0. The van der Waals surface area contributed by atoms with Crippen molar-refractivity contribution in [1.29, 1.82) is 0 Å². The van der Waals surface area contributed by atoms with Crippen molar-refractivity contribution in [2.24, 2.45) is 0 Å². The van der Waals surface area contributed by atoms with Gasteiger partial charge in [0.2, 0.25) is 0 Å². The average molecular weight is 314 g/mol. The van der Waals surface area contributed by atoms with E-state index in [1.165, 1.54) is 6.33 Å². The minimum atomic E-state index is -0.456. The summed E-state index contributed by atoms with van der Waals surface area (Å²) in [5.41, 5.74) is 4.51. The number of aliphatic hydroxyl groups is 1. The second-order valence-corrected chi connectivity index (χ2v) is 5.68. The highest BCUT2D eigenvalue weighted by atomic mass is 35.5. The molecule has 0 saturated carbocycles. The maximum atomic E-state index is 9.88. The molecule has 0 saturated heterocycles. The molecule has 1 atom stereocenters. The molecular formula is C15H12ClN5O. The number of rotatable bonds is 2. The van der Waals surface area contributed by atoms with Crippen LogP contribution >= 0.6 is 11.6 Å². The second-order valence-electron chi connectivity index (χ2n) is 5.24. The van der Waals surface area contributed by atoms with Crippen LogP contribution in [-0.2, 0) is 6.42 Å². The largest absolute Gasteiger partial charge is 0.387 e. The quantitative estimate of drug-likeness (QED) is 0.786. The van der Waals surface area contributed by atoms with E-state index in [-0.39, 0.29) is 0 Å². The number of aryl methyl sites for hydroxylation is 1. The first-order chi connectivity index (χ1) is 10.7. The summed E-state index contributed by atoms with van der Waals surface area (Å²) in [4.78, 5) is 4.41. The summed E-state index contributed by atoms with van der Waals surface area (Å²) in [5.74, 6) is 0. The Bertz CT molecular complexity index is 834. The molecule has 0 aliphatic heterocycles. The maximum absolute atomic E-state index is 9.88. The summed E-state index contributed by atoms with van der Waals surface area (Å²) >= 11 is 6.15. The first-order valence-corrected chi connectivity index (χ1v) is 7.30. The lowest BCUT2D eigenvalue weighted by molar-refractivity contribution is 0.176. The molecule has 1 aromatic carbocycles. The van der Waals surface area contributed by atoms with Gasteiger partial charge in [-0.2, -0.15) is 4.68 Å². The van der Waals surface area contributed by atoms with Crippen molar-refractivity contribution < 1.29 is 5.11 Å². The van der Waals surface area contributed by atoms with Crippen molar-refractivity contribution in [3.05, 3.63) is 53.1 Å². The molecule has 0 bridgehead atoms. The smallest absolute Gasteiger partial charge is 0.143 e. The third kappa shape index (κ3) is 2.17. The van der Waals surface area contributed by atoms with Crippen LogP contribution < -0.4 is 0 Å². The van der Waals surface area contributed by atoms with Crippen LogP contribution in [0.3, 0.4) is 0 Å². The molecule has 110 valence electrons. The Labute approximate surface area is 131 Å². The number of hydrogen-bond donors (Lipinski definition) is 1. The van der Waals surface area contributed by atoms with Crippen molar-refractivity contribution in [2.75, 3.05) is 0 Å². The number of aromatic nitrogens is 5. The van der Waals surface area contributed by atoms with Crippen molar-refractivity contribution >= 4 is 11.6 Å². The van der Waals surface area contributed by atoms with Crippen LogP contribution in [-0.4, -0.2) is 30.3 Å². The van der Waals surface area contributed by atoms with Crippen LogP contribution in [0.15, 0.2) is 36.8 Å². The van der Waals surface area contributed by atoms with E-state index in [0.717, 1.165) is 40.9 Å². The number of benzene rings is 1. The van der Waals surface area contributed by atoms with Crippen LogP contribution in [0.2, 0.25) is 5.02 Å². The van der Waals surface area contributed by atoms with Crippen molar-refractivity contribution in [3.8, 4) is 16.8 Å². The minimum absolute atomic E-state index is 0.456. The highest BCUT2D eigenvalue weighted by molar-refractivity contribution is 6.31. The van der Waals surface area contributed by atoms with E-state index in [2.05, 4.69) is 26.6 Å². The lowest BCUT2D eigenvalue weighted by Gasteiger charge is -2.11. The Morgan fingerprint density at radius 1 is 1.27 bits per heavy atom. The number of nitrogens with zero attached hydrogens (tertiary/aromatic N) is 5. The molecular weight excluding hydrogens is 302 g/mol. The molecule has 4 rings (SSSR count). The molecule has 1 N–H and O–H groups in total. The Balaban J connectivity index is 1.88. The van der Waals surface area contributed by atoms with E-state index in [1.54, 1.807) is 16.9 Å². The van der Waals surface area contributed by atoms with Crippen LogP contribution in [0.1, 0.15) is 23.8 Å². The van der Waals surface area contributed by atoms with Crippen molar-refractivity contribution in [3.63, 3.8) is 0 Å². The average Bonchev–Trinajstić information content (AvgIpc) is 3.17. The van der Waals surface area contributed by atoms with Gasteiger partial charge < -0.3 is 5.11 Å². The number of hydrogen-bond acceptors (Lipinski definition) is 5. The van der Waals surface area contributed by atoms with Gasteiger partial charge in [-0.3, -0.25) is 4.98 Å². The Morgan fingerprint density at radius 3 is 3.00 bits per heavy atom. The summed E-state index contributed by atoms with van der Waals surface area (Å²) in [6, 6.07) is 7.59. The van der Waals surface area contributed by atoms with Crippen LogP contribution in [0.5, 0.6) is 0 Å². The molecule has 1 unspecified atom stereocenters. The summed E-state index contributed by atoms with van der Waals surface area (Å²) in [6.45, 7) is 0. The highest BCUT2D eigenvalue weighted by Crippen LogP contribution is 2.34. The third-order valence-electron chi connectivity index (χ3n) is 3.87. The lowest BCUT2D eigenvalue weighted by atomic mass is 10.0. The third-order valence-corrected chi connectivity index (χ3v) is 4.10. The predicted molar refractivity (Wildman–Crippen MR) is 80.7 cm³/mol. The molecule has 7 heteroatoms. The minimum Gasteiger partial charge on any atom is -0.387 e. The molecule has 0 fully saturated rings. The van der Waals surface area contributed by atoms with E-state index >= 15 is 0 Å². The molecule has 0 radical (unpaired) electrons. The zero-order chi connectivity index (χ0) is 15.1. The van der Waals surface area contributed by atoms with Gasteiger partial charge in [-0.25, -0.2) is 0 Å². The molecule has 2 heterocycles. The van der Waals surface area contributed by atoms with Gasteiger partial charge in [0.1, 0.15) is 6.33 Å². The van der Waals surface area contributed by atoms with Gasteiger partial charge in [-0.1, -0.05) is 11.6 Å². The van der Waals surface area contributed by atoms with E-state index in [9.17, 15) is 5.11 Å². The SMILES string of the molecule is OC1CCc2cc(-c3cc(Cl)ccc3-n3cnnn3)cnc21. The molecule has 3 aromatic rings. The summed E-state index contributed by atoms with van der Waals surface area (Å²) in [6.07, 6.45) is 4.39. The molecule has 1 aliphatic carbocycles. The molecule has 0 amide bonds. The van der Waals surface area contributed by atoms with Crippen LogP contribution in [0.25, 0.3) is 16.8 Å². The maximum Gasteiger partial charge on any atom is 0.143 e. The number of aliphatic hydroxyl groups excluding tert-OH is 1. The number of tetrazole rings is 1. The van der Waals surface area contributed by atoms with Gasteiger partial charge in [-0.15, -0.1) is 5.10 Å². The van der Waals surface area contributed by atoms with E-state index in [0.29, 0.717) is 5.02 Å². The van der Waals surface area contributed by atoms with Crippen LogP contribution in [0, 0.1) is 0 Å². The zero-order valence-corrected chi connectivity index (χ0v) is 12.3. The van der Waals surface area contributed by atoms with Crippen LogP contribution in [0.4, 0.5) is 0 Å². The molecule has 6 nitrogen and oxygen atoms in total. The van der Waals surface area contributed by atoms with E-state index in [4.69, 9.17) is 11.6 Å². The second kappa shape index (κ2) is 5.15. The van der Waals surface area contributed by atoms with Gasteiger partial charge >= 0.3 is 0 Å². The van der Waals surface area contributed by atoms with Crippen molar-refractivity contribution in [1.82, 2.24) is 25.2 Å². The lowest BCUT2D eigenvalue weighted by Crippen LogP contribution is -2.00. The topological polar surface area (TPSA) is 76.7 Å². The molecule has 0 spiro atoms. The Hall–Kier alpha value is -2.31. The fourth-order valence-corrected chi connectivity index (χ4v) is 2.98. The number of pyridine rings is 1. The van der Waals surface area contributed by atoms with Gasteiger partial charge in [-0.05, 0) is 53.1 Å². The first-order valence-electron chi connectivity index (χ1n) is 6.92. The fourth-order valence-electron chi connectivity index (χ4n) is 2.81. The number of halogens is 1. The predicted octanol–water partition coefficient (Wildman–Crippen LogP) is 2.36. The van der Waals surface area contributed by atoms with E-state index < -0.39 is 6.10 Å². The van der Waals surface area contributed by atoms with Gasteiger partial charge in [0, 0.05) is 22.3 Å². The monoisotopic (exact) mass is 313 g/mol. The van der Waals surface area contributed by atoms with Gasteiger partial charge in [0.15, 0.2) is 0 Å². The van der Waals surface area contributed by atoms with Gasteiger partial charge in [0.05, 0.1) is 17.5 Å². The molecule has 2 aromatic heterocycles. The zero-order valence-electron chi connectivity index (χ0n) is 11.5. The Kier molecular flexibility index (Phi) is 3.13. The van der Waals surface area contributed by atoms with Crippen molar-refractivity contribution in [2.45, 2.75) is 18.9 Å². The first kappa shape index (κ1) is 13.4. The summed E-state index contributed by atoms with van der Waals surface area (Å²) < 4.78 is 1.59. The standard InChI is InChI=1S/C15H12ClN5O/c16-11-2-3-13(21-8-18-19-20-21)12(6-11)10-5-9-1-4-14(22)15(9)17-7-10/h2-3,5-8,14,22H,1,4H2. The fraction of sp³-hybridized carbons (Fsp3) is 0.200. The highest BCUT2D eigenvalue weighted by Gasteiger charge is 2.22. The Morgan fingerprint density at radius 2 is 2.18 bits per heavy atom. The summed E-state index contributed by atoms with van der Waals surface area (Å²) in [5, 5.41) is 21.8.